The lowest BCUT2D eigenvalue weighted by Crippen LogP contribution is -2.46. The van der Waals surface area contributed by atoms with Crippen LogP contribution >= 0.6 is 0 Å². The van der Waals surface area contributed by atoms with Crippen LogP contribution in [0.15, 0.2) is 17.1 Å². The summed E-state index contributed by atoms with van der Waals surface area (Å²) in [5.41, 5.74) is 6.23. The predicted molar refractivity (Wildman–Crippen MR) is 77.8 cm³/mol. The van der Waals surface area contributed by atoms with E-state index in [0.29, 0.717) is 6.54 Å². The Kier molecular flexibility index (Phi) is 4.92. The van der Waals surface area contributed by atoms with Gasteiger partial charge in [-0.1, -0.05) is 0 Å². The smallest absolute Gasteiger partial charge is 0.256 e. The minimum absolute atomic E-state index is 0.136. The summed E-state index contributed by atoms with van der Waals surface area (Å²) in [5, 5.41) is 2.94. The third-order valence-corrected chi connectivity index (χ3v) is 3.67. The highest BCUT2D eigenvalue weighted by atomic mass is 16.2. The Bertz CT molecular complexity index is 518. The molecule has 1 aromatic heterocycles. The fourth-order valence-electron chi connectivity index (χ4n) is 2.50. The van der Waals surface area contributed by atoms with Crippen molar-refractivity contribution in [2.45, 2.75) is 25.8 Å². The number of nitrogens with two attached hydrogens (primary N) is 1. The highest BCUT2D eigenvalue weighted by molar-refractivity contribution is 5.93. The zero-order valence-electron chi connectivity index (χ0n) is 11.8. The number of nitrogens with one attached hydrogen (secondary N) is 2. The van der Waals surface area contributed by atoms with Crippen molar-refractivity contribution in [3.05, 3.63) is 33.7 Å². The van der Waals surface area contributed by atoms with E-state index in [4.69, 9.17) is 5.73 Å². The highest BCUT2D eigenvalue weighted by Gasteiger charge is 2.21. The molecule has 0 spiro atoms. The monoisotopic (exact) mass is 278 g/mol. The molecule has 0 unspecified atom stereocenters. The fraction of sp³-hybridized carbons (Fsp3) is 0.571. The Hall–Kier alpha value is -1.66. The number of H-pyrrole nitrogens is 1. The normalized spacial score (nSPS) is 17.1. The molecule has 0 radical (unpaired) electrons. The Balaban J connectivity index is 1.91. The van der Waals surface area contributed by atoms with E-state index in [1.54, 1.807) is 6.92 Å². The highest BCUT2D eigenvalue weighted by Crippen LogP contribution is 2.10. The van der Waals surface area contributed by atoms with Gasteiger partial charge >= 0.3 is 0 Å². The van der Waals surface area contributed by atoms with Gasteiger partial charge in [-0.05, 0) is 19.8 Å². The van der Waals surface area contributed by atoms with Gasteiger partial charge < -0.3 is 20.9 Å². The molecule has 0 atom stereocenters. The third-order valence-electron chi connectivity index (χ3n) is 3.67. The number of hydrogen-bond acceptors (Lipinski definition) is 4. The van der Waals surface area contributed by atoms with Gasteiger partial charge in [0.05, 0.1) is 0 Å². The standard InChI is InChI=1S/C14H22N4O2/c1-10-8-13(19)12(9-16-10)14(20)17-11-2-5-18(6-3-11)7-4-15/h8-9,11H,2-7,15H2,1H3,(H,16,19)(H,17,20). The lowest BCUT2D eigenvalue weighted by molar-refractivity contribution is 0.0910. The van der Waals surface area contributed by atoms with Crippen molar-refractivity contribution in [1.82, 2.24) is 15.2 Å². The van der Waals surface area contributed by atoms with Crippen molar-refractivity contribution in [2.75, 3.05) is 26.2 Å². The number of piperidine rings is 1. The summed E-state index contributed by atoms with van der Waals surface area (Å²) < 4.78 is 0. The summed E-state index contributed by atoms with van der Waals surface area (Å²) in [6.45, 7) is 5.23. The van der Waals surface area contributed by atoms with Crippen LogP contribution in [0.3, 0.4) is 0 Å². The predicted octanol–water partition coefficient (Wildman–Crippen LogP) is -0.164. The van der Waals surface area contributed by atoms with Crippen molar-refractivity contribution in [3.8, 4) is 0 Å². The van der Waals surface area contributed by atoms with E-state index < -0.39 is 0 Å². The molecule has 0 bridgehead atoms. The molecule has 0 aliphatic carbocycles. The topological polar surface area (TPSA) is 91.2 Å². The van der Waals surface area contributed by atoms with Gasteiger partial charge in [0.2, 0.25) is 0 Å². The van der Waals surface area contributed by atoms with E-state index in [0.717, 1.165) is 38.2 Å². The van der Waals surface area contributed by atoms with Gasteiger partial charge in [0.1, 0.15) is 5.56 Å². The molecule has 110 valence electrons. The number of pyridine rings is 1. The van der Waals surface area contributed by atoms with Gasteiger partial charge in [-0.15, -0.1) is 0 Å². The molecule has 4 N–H and O–H groups in total. The van der Waals surface area contributed by atoms with Crippen LogP contribution < -0.4 is 16.5 Å². The summed E-state index contributed by atoms with van der Waals surface area (Å²) in [6, 6.07) is 1.58. The van der Waals surface area contributed by atoms with Gasteiger partial charge in [-0.2, -0.15) is 0 Å². The molecule has 1 saturated heterocycles. The first-order chi connectivity index (χ1) is 9.60. The number of aryl methyl sites for hydroxylation is 1. The van der Waals surface area contributed by atoms with E-state index in [1.807, 2.05) is 0 Å². The second-order valence-corrected chi connectivity index (χ2v) is 5.27. The number of nitrogens with zero attached hydrogens (tertiary/aromatic N) is 1. The van der Waals surface area contributed by atoms with Crippen LogP contribution in [-0.2, 0) is 0 Å². The van der Waals surface area contributed by atoms with Gasteiger partial charge in [-0.25, -0.2) is 0 Å². The molecular formula is C14H22N4O2. The number of amides is 1. The summed E-state index contributed by atoms with van der Waals surface area (Å²) in [5.74, 6) is -0.288. The lowest BCUT2D eigenvalue weighted by Gasteiger charge is -2.31. The first kappa shape index (κ1) is 14.7. The first-order valence-electron chi connectivity index (χ1n) is 7.03. The molecule has 6 heteroatoms. The molecular weight excluding hydrogens is 256 g/mol. The molecule has 2 heterocycles. The Morgan fingerprint density at radius 1 is 1.50 bits per heavy atom. The maximum Gasteiger partial charge on any atom is 0.256 e. The SMILES string of the molecule is Cc1cc(=O)c(C(=O)NC2CCN(CCN)CC2)c[nH]1. The number of aromatic amines is 1. The molecule has 1 aliphatic heterocycles. The molecule has 1 fully saturated rings. The maximum absolute atomic E-state index is 12.1. The number of carbonyl (C=O) groups is 1. The van der Waals surface area contributed by atoms with Crippen LogP contribution in [0.5, 0.6) is 0 Å². The van der Waals surface area contributed by atoms with E-state index in [9.17, 15) is 9.59 Å². The van der Waals surface area contributed by atoms with Crippen molar-refractivity contribution < 1.29 is 4.79 Å². The summed E-state index contributed by atoms with van der Waals surface area (Å²) >= 11 is 0. The van der Waals surface area contributed by atoms with Crippen molar-refractivity contribution in [3.63, 3.8) is 0 Å². The van der Waals surface area contributed by atoms with Gasteiger partial charge in [-0.3, -0.25) is 9.59 Å². The molecule has 0 saturated carbocycles. The minimum atomic E-state index is -0.288. The molecule has 1 aliphatic rings. The van der Waals surface area contributed by atoms with Crippen LogP contribution in [-0.4, -0.2) is 48.0 Å². The van der Waals surface area contributed by atoms with Crippen LogP contribution in [0.4, 0.5) is 0 Å². The van der Waals surface area contributed by atoms with Crippen LogP contribution in [0, 0.1) is 6.92 Å². The molecule has 1 amide bonds. The van der Waals surface area contributed by atoms with Crippen LogP contribution in [0.25, 0.3) is 0 Å². The molecule has 0 aromatic carbocycles. The number of carbonyl (C=O) groups excluding carboxylic acids is 1. The van der Waals surface area contributed by atoms with Crippen molar-refractivity contribution >= 4 is 5.91 Å². The summed E-state index contributed by atoms with van der Waals surface area (Å²) in [4.78, 5) is 29.0. The average molecular weight is 278 g/mol. The number of hydrogen-bond donors (Lipinski definition) is 3. The molecule has 20 heavy (non-hydrogen) atoms. The van der Waals surface area contributed by atoms with E-state index >= 15 is 0 Å². The average Bonchev–Trinajstić information content (AvgIpc) is 2.41. The van der Waals surface area contributed by atoms with E-state index in [-0.39, 0.29) is 22.9 Å². The van der Waals surface area contributed by atoms with Gasteiger partial charge in [0.15, 0.2) is 5.43 Å². The zero-order chi connectivity index (χ0) is 14.5. The zero-order valence-corrected chi connectivity index (χ0v) is 11.8. The van der Waals surface area contributed by atoms with E-state index in [1.165, 1.54) is 12.3 Å². The summed E-state index contributed by atoms with van der Waals surface area (Å²) in [6.07, 6.45) is 3.28. The molecule has 2 rings (SSSR count). The number of rotatable bonds is 4. The fourth-order valence-corrected chi connectivity index (χ4v) is 2.50. The van der Waals surface area contributed by atoms with Crippen LogP contribution in [0.2, 0.25) is 0 Å². The molecule has 6 nitrogen and oxygen atoms in total. The van der Waals surface area contributed by atoms with Gasteiger partial charge in [0.25, 0.3) is 5.91 Å². The second kappa shape index (κ2) is 6.67. The number of aromatic nitrogens is 1. The Labute approximate surface area is 118 Å². The third kappa shape index (κ3) is 3.68. The van der Waals surface area contributed by atoms with Crippen molar-refractivity contribution in [1.29, 1.82) is 0 Å². The number of likely N-dealkylation sites (tertiary alicyclic amines) is 1. The quantitative estimate of drug-likeness (QED) is 0.713. The minimum Gasteiger partial charge on any atom is -0.364 e. The lowest BCUT2D eigenvalue weighted by atomic mass is 10.0. The second-order valence-electron chi connectivity index (χ2n) is 5.27. The van der Waals surface area contributed by atoms with E-state index in [2.05, 4.69) is 15.2 Å². The Morgan fingerprint density at radius 3 is 2.80 bits per heavy atom. The van der Waals surface area contributed by atoms with Crippen molar-refractivity contribution in [2.24, 2.45) is 5.73 Å². The Morgan fingerprint density at radius 2 is 2.20 bits per heavy atom. The van der Waals surface area contributed by atoms with Crippen LogP contribution in [0.1, 0.15) is 28.9 Å². The maximum atomic E-state index is 12.1. The summed E-state index contributed by atoms with van der Waals surface area (Å²) in [7, 11) is 0. The first-order valence-corrected chi connectivity index (χ1v) is 7.03. The van der Waals surface area contributed by atoms with Gasteiger partial charge in [0, 0.05) is 50.2 Å². The molecule has 1 aromatic rings. The largest absolute Gasteiger partial charge is 0.364 e.